The van der Waals surface area contributed by atoms with Gasteiger partial charge in [0.1, 0.15) is 0 Å². The van der Waals surface area contributed by atoms with Crippen molar-refractivity contribution < 1.29 is 27.9 Å². The molecule has 0 spiro atoms. The van der Waals surface area contributed by atoms with E-state index in [1.807, 2.05) is 0 Å². The summed E-state index contributed by atoms with van der Waals surface area (Å²) in [6, 6.07) is 3.75. The van der Waals surface area contributed by atoms with Crippen LogP contribution in [0.2, 0.25) is 0 Å². The Bertz CT molecular complexity index is 598. The lowest BCUT2D eigenvalue weighted by molar-refractivity contribution is -0.137. The van der Waals surface area contributed by atoms with Crippen molar-refractivity contribution in [3.63, 3.8) is 0 Å². The molecule has 0 heterocycles. The number of benzene rings is 1. The van der Waals surface area contributed by atoms with Crippen LogP contribution >= 0.6 is 0 Å². The monoisotopic (exact) mass is 344 g/mol. The zero-order valence-electron chi connectivity index (χ0n) is 13.1. The highest BCUT2D eigenvalue weighted by atomic mass is 19.4. The predicted molar refractivity (Wildman–Crippen MR) is 80.1 cm³/mol. The molecule has 0 aliphatic heterocycles. The van der Waals surface area contributed by atoms with Crippen LogP contribution in [-0.4, -0.2) is 48.1 Å². The lowest BCUT2D eigenvalue weighted by Gasteiger charge is -2.21. The first-order chi connectivity index (χ1) is 11.2. The fourth-order valence-corrected chi connectivity index (χ4v) is 2.22. The average molecular weight is 344 g/mol. The summed E-state index contributed by atoms with van der Waals surface area (Å²) >= 11 is 0. The molecule has 2 N–H and O–H groups in total. The maximum absolute atomic E-state index is 12.5. The lowest BCUT2D eigenvalue weighted by Crippen LogP contribution is -2.41. The molecular formula is C16H19F3N2O3. The van der Waals surface area contributed by atoms with Gasteiger partial charge in [0.2, 0.25) is 5.91 Å². The average Bonchev–Trinajstić information content (AvgIpc) is 3.36. The van der Waals surface area contributed by atoms with Gasteiger partial charge in [-0.1, -0.05) is 0 Å². The van der Waals surface area contributed by atoms with Gasteiger partial charge in [-0.25, -0.2) is 0 Å². The summed E-state index contributed by atoms with van der Waals surface area (Å²) in [4.78, 5) is 25.1. The highest BCUT2D eigenvalue weighted by molar-refractivity contribution is 5.96. The van der Waals surface area contributed by atoms with Gasteiger partial charge in [0.15, 0.2) is 0 Å². The maximum Gasteiger partial charge on any atom is 0.416 e. The maximum atomic E-state index is 12.5. The quantitative estimate of drug-likeness (QED) is 0.825. The Morgan fingerprint density at radius 2 is 1.88 bits per heavy atom. The fraction of sp³-hybridized carbons (Fsp3) is 0.500. The van der Waals surface area contributed by atoms with E-state index in [0.29, 0.717) is 0 Å². The Morgan fingerprint density at radius 1 is 1.29 bits per heavy atom. The number of aliphatic hydroxyl groups excluding tert-OH is 1. The van der Waals surface area contributed by atoms with Crippen molar-refractivity contribution in [3.05, 3.63) is 35.4 Å². The summed E-state index contributed by atoms with van der Waals surface area (Å²) in [5.74, 6) is -0.773. The summed E-state index contributed by atoms with van der Waals surface area (Å²) in [5, 5.41) is 12.1. The van der Waals surface area contributed by atoms with Crippen LogP contribution in [0.5, 0.6) is 0 Å². The second-order valence-electron chi connectivity index (χ2n) is 5.94. The highest BCUT2D eigenvalue weighted by Crippen LogP contribution is 2.32. The van der Waals surface area contributed by atoms with Gasteiger partial charge in [0.25, 0.3) is 5.91 Å². The molecule has 1 aliphatic rings. The molecule has 1 fully saturated rings. The second kappa shape index (κ2) is 7.21. The molecule has 132 valence electrons. The number of likely N-dealkylation sites (N-methyl/N-ethyl adjacent to an activating group) is 1. The number of aliphatic hydroxyl groups is 1. The van der Waals surface area contributed by atoms with Crippen LogP contribution in [0.4, 0.5) is 13.2 Å². The molecule has 5 nitrogen and oxygen atoms in total. The smallest absolute Gasteiger partial charge is 0.391 e. The first kappa shape index (κ1) is 18.3. The van der Waals surface area contributed by atoms with E-state index in [2.05, 4.69) is 5.32 Å². The Kier molecular flexibility index (Phi) is 5.48. The minimum atomic E-state index is -4.46. The number of hydrogen-bond acceptors (Lipinski definition) is 3. The number of nitrogens with zero attached hydrogens (tertiary/aromatic N) is 1. The van der Waals surface area contributed by atoms with E-state index < -0.39 is 23.8 Å². The fourth-order valence-electron chi connectivity index (χ4n) is 2.22. The molecule has 2 amide bonds. The van der Waals surface area contributed by atoms with Gasteiger partial charge >= 0.3 is 6.18 Å². The zero-order valence-corrected chi connectivity index (χ0v) is 13.1. The number of alkyl halides is 3. The minimum Gasteiger partial charge on any atom is -0.391 e. The third-order valence-electron chi connectivity index (χ3n) is 3.93. The van der Waals surface area contributed by atoms with Gasteiger partial charge in [0.05, 0.1) is 18.2 Å². The van der Waals surface area contributed by atoms with E-state index in [-0.39, 0.29) is 30.5 Å². The molecule has 1 saturated carbocycles. The van der Waals surface area contributed by atoms with Gasteiger partial charge in [-0.05, 0) is 43.0 Å². The molecule has 1 atom stereocenters. The van der Waals surface area contributed by atoms with Crippen molar-refractivity contribution in [2.75, 3.05) is 20.1 Å². The van der Waals surface area contributed by atoms with Crippen LogP contribution in [-0.2, 0) is 11.0 Å². The van der Waals surface area contributed by atoms with Crippen molar-refractivity contribution >= 4 is 11.8 Å². The largest absolute Gasteiger partial charge is 0.416 e. The van der Waals surface area contributed by atoms with Crippen molar-refractivity contribution in [1.82, 2.24) is 10.2 Å². The standard InChI is InChI=1S/C16H19F3N2O3/c1-21(9-13(22)10-2-3-10)14(23)8-20-15(24)11-4-6-12(7-5-11)16(17,18)19/h4-7,10,13,22H,2-3,8-9H2,1H3,(H,20,24). The first-order valence-electron chi connectivity index (χ1n) is 7.56. The summed E-state index contributed by atoms with van der Waals surface area (Å²) in [6.45, 7) is -0.0899. The van der Waals surface area contributed by atoms with Gasteiger partial charge in [0, 0.05) is 19.2 Å². The Hall–Kier alpha value is -2.09. The second-order valence-corrected chi connectivity index (χ2v) is 5.94. The van der Waals surface area contributed by atoms with Gasteiger partial charge < -0.3 is 15.3 Å². The van der Waals surface area contributed by atoms with Crippen molar-refractivity contribution in [3.8, 4) is 0 Å². The van der Waals surface area contributed by atoms with Gasteiger partial charge in [-0.15, -0.1) is 0 Å². The third kappa shape index (κ3) is 4.95. The van der Waals surface area contributed by atoms with Crippen molar-refractivity contribution in [2.24, 2.45) is 5.92 Å². The molecule has 0 bridgehead atoms. The van der Waals surface area contributed by atoms with Gasteiger partial charge in [-0.2, -0.15) is 13.2 Å². The predicted octanol–water partition coefficient (Wildman–Crippen LogP) is 1.66. The summed E-state index contributed by atoms with van der Waals surface area (Å²) in [6.07, 6.45) is -3.12. The molecule has 1 aromatic rings. The zero-order chi connectivity index (χ0) is 17.9. The molecule has 0 aromatic heterocycles. The number of amides is 2. The number of hydrogen-bond donors (Lipinski definition) is 2. The SMILES string of the molecule is CN(CC(O)C1CC1)C(=O)CNC(=O)c1ccc(C(F)(F)F)cc1. The summed E-state index contributed by atoms with van der Waals surface area (Å²) in [5.41, 5.74) is -0.805. The Balaban J connectivity index is 1.82. The molecule has 1 aliphatic carbocycles. The third-order valence-corrected chi connectivity index (χ3v) is 3.93. The number of carbonyl (C=O) groups is 2. The molecular weight excluding hydrogens is 325 g/mol. The minimum absolute atomic E-state index is 0.0384. The summed E-state index contributed by atoms with van der Waals surface area (Å²) < 4.78 is 37.4. The molecule has 1 aromatic carbocycles. The van der Waals surface area contributed by atoms with E-state index in [1.54, 1.807) is 0 Å². The van der Waals surface area contributed by atoms with E-state index in [0.717, 1.165) is 37.1 Å². The van der Waals surface area contributed by atoms with E-state index in [1.165, 1.54) is 11.9 Å². The number of halogens is 3. The van der Waals surface area contributed by atoms with Crippen molar-refractivity contribution in [1.29, 1.82) is 0 Å². The van der Waals surface area contributed by atoms with E-state index in [4.69, 9.17) is 0 Å². The van der Waals surface area contributed by atoms with Crippen LogP contribution in [0.3, 0.4) is 0 Å². The normalized spacial score (nSPS) is 15.7. The summed E-state index contributed by atoms with van der Waals surface area (Å²) in [7, 11) is 1.53. The molecule has 1 unspecified atom stereocenters. The van der Waals surface area contributed by atoms with Crippen LogP contribution in [0.15, 0.2) is 24.3 Å². The molecule has 24 heavy (non-hydrogen) atoms. The van der Waals surface area contributed by atoms with Crippen LogP contribution < -0.4 is 5.32 Å². The van der Waals surface area contributed by atoms with Gasteiger partial charge in [-0.3, -0.25) is 9.59 Å². The van der Waals surface area contributed by atoms with Crippen molar-refractivity contribution in [2.45, 2.75) is 25.1 Å². The highest BCUT2D eigenvalue weighted by Gasteiger charge is 2.31. The first-order valence-corrected chi connectivity index (χ1v) is 7.56. The Morgan fingerprint density at radius 3 is 2.38 bits per heavy atom. The van der Waals surface area contributed by atoms with E-state index >= 15 is 0 Å². The number of rotatable bonds is 6. The van der Waals surface area contributed by atoms with Crippen LogP contribution in [0, 0.1) is 5.92 Å². The number of nitrogens with one attached hydrogen (secondary N) is 1. The molecule has 0 radical (unpaired) electrons. The number of carbonyl (C=O) groups excluding carboxylic acids is 2. The Labute approximate surface area is 137 Å². The molecule has 0 saturated heterocycles. The molecule has 2 rings (SSSR count). The topological polar surface area (TPSA) is 69.6 Å². The van der Waals surface area contributed by atoms with Crippen LogP contribution in [0.1, 0.15) is 28.8 Å². The van der Waals surface area contributed by atoms with Crippen LogP contribution in [0.25, 0.3) is 0 Å². The van der Waals surface area contributed by atoms with E-state index in [9.17, 15) is 27.9 Å². The molecule has 8 heteroatoms. The lowest BCUT2D eigenvalue weighted by atomic mass is 10.1.